The van der Waals surface area contributed by atoms with Gasteiger partial charge in [-0.3, -0.25) is 0 Å². The number of aliphatic carboxylic acids is 1. The molecule has 1 radical (unpaired) electrons. The van der Waals surface area contributed by atoms with E-state index >= 15 is 0 Å². The molecule has 2 unspecified atom stereocenters. The number of hydrogen-bond acceptors (Lipinski definition) is 7. The predicted octanol–water partition coefficient (Wildman–Crippen LogP) is -1.74. The first-order valence-electron chi connectivity index (χ1n) is 5.91. The monoisotopic (exact) mass is 370 g/mol. The van der Waals surface area contributed by atoms with E-state index in [1.165, 1.54) is 12.4 Å². The van der Waals surface area contributed by atoms with Crippen molar-refractivity contribution in [2.45, 2.75) is 12.2 Å². The predicted molar refractivity (Wildman–Crippen MR) is 71.5 cm³/mol. The second-order valence-electron chi connectivity index (χ2n) is 4.00. The topological polar surface area (TPSA) is 176 Å². The van der Waals surface area contributed by atoms with E-state index in [1.807, 2.05) is 0 Å². The van der Waals surface area contributed by atoms with E-state index in [2.05, 4.69) is 14.7 Å². The maximum atomic E-state index is 10.6. The number of nitrogens with one attached hydrogen (secondary N) is 1. The molecule has 127 valence electrons. The molecule has 2 atom stereocenters. The molecule has 23 heavy (non-hydrogen) atoms. The van der Waals surface area contributed by atoms with Crippen LogP contribution in [-0.2, 0) is 31.4 Å². The number of aromatic amines is 1. The summed E-state index contributed by atoms with van der Waals surface area (Å²) in [5.41, 5.74) is 0.613. The molecule has 0 aliphatic carbocycles. The van der Waals surface area contributed by atoms with Gasteiger partial charge in [-0.2, -0.15) is 0 Å². The van der Waals surface area contributed by atoms with Gasteiger partial charge in [-0.25, -0.2) is 14.6 Å². The molecule has 7 N–H and O–H groups in total. The third kappa shape index (κ3) is 6.12. The van der Waals surface area contributed by atoms with Crippen LogP contribution in [0, 0.1) is 0 Å². The summed E-state index contributed by atoms with van der Waals surface area (Å²) in [6, 6.07) is 0. The number of imidazole rings is 1. The first-order valence-corrected chi connectivity index (χ1v) is 5.91. The van der Waals surface area contributed by atoms with E-state index in [9.17, 15) is 9.59 Å². The Morgan fingerprint density at radius 2 is 2.22 bits per heavy atom. The van der Waals surface area contributed by atoms with Crippen molar-refractivity contribution in [3.63, 3.8) is 0 Å². The number of carbonyl (C=O) groups excluding carboxylic acids is 1. The molecule has 0 aromatic carbocycles. The molecule has 11 heteroatoms. The minimum atomic E-state index is -1.38. The van der Waals surface area contributed by atoms with E-state index in [-0.39, 0.29) is 17.1 Å². The second kappa shape index (κ2) is 9.64. The largest absolute Gasteiger partial charge is 0.586 e. The Morgan fingerprint density at radius 3 is 2.61 bits per heavy atom. The van der Waals surface area contributed by atoms with Crippen LogP contribution in [0.25, 0.3) is 6.08 Å². The molecule has 0 fully saturated rings. The van der Waals surface area contributed by atoms with Gasteiger partial charge in [-0.15, -0.1) is 0 Å². The fourth-order valence-corrected chi connectivity index (χ4v) is 1.35. The van der Waals surface area contributed by atoms with Crippen LogP contribution < -0.4 is 0 Å². The first kappa shape index (κ1) is 20.7. The fourth-order valence-electron chi connectivity index (χ4n) is 1.35. The van der Waals surface area contributed by atoms with Crippen molar-refractivity contribution in [1.29, 1.82) is 0 Å². The van der Waals surface area contributed by atoms with Crippen molar-refractivity contribution in [3.8, 4) is 0 Å². The molecule has 1 aliphatic heterocycles. The second-order valence-corrected chi connectivity index (χ2v) is 4.00. The average Bonchev–Trinajstić information content (AvgIpc) is 3.09. The van der Waals surface area contributed by atoms with Crippen LogP contribution in [0.15, 0.2) is 30.1 Å². The maximum Gasteiger partial charge on any atom is 0.432 e. The van der Waals surface area contributed by atoms with Gasteiger partial charge in [0.05, 0.1) is 18.6 Å². The third-order valence-corrected chi connectivity index (χ3v) is 2.42. The van der Waals surface area contributed by atoms with E-state index in [1.54, 1.807) is 6.20 Å². The molecule has 0 saturated heterocycles. The molecule has 0 amide bonds. The average molecular weight is 370 g/mol. The minimum Gasteiger partial charge on any atom is -0.586 e. The van der Waals surface area contributed by atoms with Gasteiger partial charge in [0.25, 0.3) is 0 Å². The van der Waals surface area contributed by atoms with Gasteiger partial charge in [0.2, 0.25) is 5.76 Å². The number of esters is 1. The van der Waals surface area contributed by atoms with E-state index in [0.29, 0.717) is 5.69 Å². The Kier molecular flexibility index (Phi) is 8.66. The number of carboxylic acids is 1. The number of nitrogens with zero attached hydrogens (tertiary/aromatic N) is 1. The van der Waals surface area contributed by atoms with Gasteiger partial charge in [-0.1, -0.05) is 0 Å². The molecule has 2 rings (SSSR count). The van der Waals surface area contributed by atoms with E-state index in [0.717, 1.165) is 6.08 Å². The molecule has 0 bridgehead atoms. The van der Waals surface area contributed by atoms with Gasteiger partial charge >= 0.3 is 17.7 Å². The number of carboxylic acid groups (broad SMARTS) is 1. The number of aromatic nitrogens is 2. The van der Waals surface area contributed by atoms with Gasteiger partial charge < -0.3 is 35.3 Å². The Balaban J connectivity index is 0.000000409. The minimum absolute atomic E-state index is 0. The summed E-state index contributed by atoms with van der Waals surface area (Å²) in [6.45, 7) is -0.644. The van der Waals surface area contributed by atoms with Crippen LogP contribution >= 0.6 is 0 Å². The van der Waals surface area contributed by atoms with Crippen molar-refractivity contribution < 1.29 is 56.9 Å². The number of hydrogen-bond donors (Lipinski definition) is 5. The molecular weight excluding hydrogens is 355 g/mol. The molecule has 1 aromatic heterocycles. The molecule has 10 nitrogen and oxygen atoms in total. The number of aliphatic hydroxyl groups excluding tert-OH is 3. The summed E-state index contributed by atoms with van der Waals surface area (Å²) < 4.78 is 4.38. The summed E-state index contributed by atoms with van der Waals surface area (Å²) >= 11 is 0. The zero-order valence-electron chi connectivity index (χ0n) is 11.5. The van der Waals surface area contributed by atoms with Crippen LogP contribution in [0.1, 0.15) is 5.69 Å². The number of carbonyl (C=O) groups is 2. The molecule has 2 heterocycles. The summed E-state index contributed by atoms with van der Waals surface area (Å²) in [5.74, 6) is -3.28. The summed E-state index contributed by atoms with van der Waals surface area (Å²) in [7, 11) is 0. The van der Waals surface area contributed by atoms with Gasteiger partial charge in [0.15, 0.2) is 6.10 Å². The number of cyclic esters (lactones) is 1. The Bertz CT molecular complexity index is 584. The zero-order chi connectivity index (χ0) is 16.7. The zero-order valence-corrected chi connectivity index (χ0v) is 12.7. The maximum absolute atomic E-state index is 10.6. The molecular formula is C12H15MnN2O8+. The third-order valence-electron chi connectivity index (χ3n) is 2.42. The standard InChI is InChI=1S/C6H6N2O2.C6H8O6.Mn/c9-6(10)2-1-5-3-7-4-8-5;7-1-2(8)5-3(9)4(10)6(11)12-5;/h1-4H,(H,7,8)(H,9,10);2,5,7-10H,1H2;/p+1/b2-1-;;. The molecule has 0 saturated carbocycles. The smallest absolute Gasteiger partial charge is 0.432 e. The van der Waals surface area contributed by atoms with Gasteiger partial charge in [0.1, 0.15) is 6.10 Å². The van der Waals surface area contributed by atoms with Crippen LogP contribution in [-0.4, -0.2) is 66.3 Å². The normalized spacial score (nSPS) is 18.0. The van der Waals surface area contributed by atoms with Crippen LogP contribution in [0.4, 0.5) is 0 Å². The molecule has 1 aromatic rings. The summed E-state index contributed by atoms with van der Waals surface area (Å²) in [4.78, 5) is 27.0. The van der Waals surface area contributed by atoms with Crippen LogP contribution in [0.2, 0.25) is 0 Å². The van der Waals surface area contributed by atoms with Crippen molar-refractivity contribution in [1.82, 2.24) is 9.97 Å². The van der Waals surface area contributed by atoms with E-state index in [4.69, 9.17) is 25.5 Å². The Labute approximate surface area is 140 Å². The van der Waals surface area contributed by atoms with Crippen molar-refractivity contribution >= 4 is 18.0 Å². The van der Waals surface area contributed by atoms with Crippen molar-refractivity contribution in [2.24, 2.45) is 0 Å². The SMILES string of the molecule is O=C(O)/C=C\c1c[nH]cn1.O=C1OC(C(O)CO)C(O)=C1[OH2+].[Mn]. The van der Waals surface area contributed by atoms with Crippen molar-refractivity contribution in [2.75, 3.05) is 6.61 Å². The Hall–Kier alpha value is -2.33. The van der Waals surface area contributed by atoms with Crippen LogP contribution in [0.5, 0.6) is 0 Å². The summed E-state index contributed by atoms with van der Waals surface area (Å²) in [5, 5.41) is 41.5. The summed E-state index contributed by atoms with van der Waals surface area (Å²) in [6.07, 6.45) is 2.88. The number of H-pyrrole nitrogens is 1. The van der Waals surface area contributed by atoms with Crippen molar-refractivity contribution in [3.05, 3.63) is 35.8 Å². The molecule has 0 spiro atoms. The fraction of sp³-hybridized carbons (Fsp3) is 0.250. The van der Waals surface area contributed by atoms with Crippen LogP contribution in [0.3, 0.4) is 0 Å². The van der Waals surface area contributed by atoms with Gasteiger partial charge in [0, 0.05) is 29.3 Å². The Morgan fingerprint density at radius 1 is 1.57 bits per heavy atom. The number of ether oxygens (including phenoxy) is 1. The first-order chi connectivity index (χ1) is 10.4. The number of aliphatic hydroxyl groups is 3. The quantitative estimate of drug-likeness (QED) is 0.180. The van der Waals surface area contributed by atoms with E-state index < -0.39 is 42.3 Å². The molecule has 1 aliphatic rings. The number of rotatable bonds is 4. The van der Waals surface area contributed by atoms with Gasteiger partial charge in [-0.05, 0) is 6.08 Å².